The standard InChI is InChI=1S/C17H15NO3/c1-20-13-5-4-6-14(10-13)21-17-9-12(11-19)15-7-2-3-8-16(15)18-17/h2-10,19H,11H2,1H3. The number of fused-ring (bicyclic) bond motifs is 1. The number of rotatable bonds is 4. The Morgan fingerprint density at radius 1 is 1.00 bits per heavy atom. The number of aliphatic hydroxyl groups excluding tert-OH is 1. The van der Waals surface area contributed by atoms with Crippen LogP contribution in [0.4, 0.5) is 0 Å². The highest BCUT2D eigenvalue weighted by molar-refractivity contribution is 5.82. The molecule has 0 fully saturated rings. The lowest BCUT2D eigenvalue weighted by Crippen LogP contribution is -1.94. The first-order chi connectivity index (χ1) is 10.3. The Morgan fingerprint density at radius 2 is 1.81 bits per heavy atom. The summed E-state index contributed by atoms with van der Waals surface area (Å²) in [4.78, 5) is 4.46. The first-order valence-electron chi connectivity index (χ1n) is 6.61. The lowest BCUT2D eigenvalue weighted by molar-refractivity contribution is 0.282. The number of methoxy groups -OCH3 is 1. The summed E-state index contributed by atoms with van der Waals surface area (Å²) in [6.45, 7) is -0.0580. The van der Waals surface area contributed by atoms with Crippen LogP contribution in [-0.2, 0) is 6.61 Å². The third-order valence-electron chi connectivity index (χ3n) is 3.21. The zero-order chi connectivity index (χ0) is 14.7. The van der Waals surface area contributed by atoms with E-state index in [2.05, 4.69) is 4.98 Å². The number of ether oxygens (including phenoxy) is 2. The van der Waals surface area contributed by atoms with Crippen LogP contribution >= 0.6 is 0 Å². The number of hydrogen-bond acceptors (Lipinski definition) is 4. The lowest BCUT2D eigenvalue weighted by Gasteiger charge is -2.09. The maximum absolute atomic E-state index is 9.50. The fraction of sp³-hybridized carbons (Fsp3) is 0.118. The van der Waals surface area contributed by atoms with Gasteiger partial charge in [-0.05, 0) is 23.8 Å². The molecule has 0 saturated carbocycles. The normalized spacial score (nSPS) is 10.6. The van der Waals surface area contributed by atoms with E-state index in [1.54, 1.807) is 19.2 Å². The molecule has 1 N–H and O–H groups in total. The number of aliphatic hydroxyl groups is 1. The van der Waals surface area contributed by atoms with E-state index in [0.717, 1.165) is 22.2 Å². The van der Waals surface area contributed by atoms with Gasteiger partial charge in [0.25, 0.3) is 0 Å². The van der Waals surface area contributed by atoms with Gasteiger partial charge in [-0.25, -0.2) is 4.98 Å². The molecule has 4 heteroatoms. The number of aromatic nitrogens is 1. The van der Waals surface area contributed by atoms with Gasteiger partial charge in [0.2, 0.25) is 5.88 Å². The molecule has 1 heterocycles. The molecular formula is C17H15NO3. The van der Waals surface area contributed by atoms with Crippen molar-refractivity contribution in [1.29, 1.82) is 0 Å². The van der Waals surface area contributed by atoms with E-state index in [1.165, 1.54) is 0 Å². The van der Waals surface area contributed by atoms with Crippen molar-refractivity contribution in [1.82, 2.24) is 4.98 Å². The molecule has 3 aromatic rings. The second kappa shape index (κ2) is 5.81. The van der Waals surface area contributed by atoms with Crippen molar-refractivity contribution in [2.24, 2.45) is 0 Å². The largest absolute Gasteiger partial charge is 0.497 e. The van der Waals surface area contributed by atoms with Crippen LogP contribution in [0.25, 0.3) is 10.9 Å². The molecule has 2 aromatic carbocycles. The highest BCUT2D eigenvalue weighted by Crippen LogP contribution is 2.27. The Kier molecular flexibility index (Phi) is 3.71. The summed E-state index contributed by atoms with van der Waals surface area (Å²) in [7, 11) is 1.61. The van der Waals surface area contributed by atoms with Gasteiger partial charge in [-0.1, -0.05) is 24.3 Å². The van der Waals surface area contributed by atoms with E-state index < -0.39 is 0 Å². The molecule has 0 bridgehead atoms. The summed E-state index contributed by atoms with van der Waals surface area (Å²) in [5.41, 5.74) is 1.58. The molecule has 106 valence electrons. The van der Waals surface area contributed by atoms with Gasteiger partial charge in [-0.2, -0.15) is 0 Å². The van der Waals surface area contributed by atoms with E-state index >= 15 is 0 Å². The van der Waals surface area contributed by atoms with Crippen molar-refractivity contribution in [3.8, 4) is 17.4 Å². The van der Waals surface area contributed by atoms with Crippen LogP contribution in [0.5, 0.6) is 17.4 Å². The summed E-state index contributed by atoms with van der Waals surface area (Å²) < 4.78 is 10.9. The molecule has 0 radical (unpaired) electrons. The number of hydrogen-bond donors (Lipinski definition) is 1. The highest BCUT2D eigenvalue weighted by Gasteiger charge is 2.07. The fourth-order valence-corrected chi connectivity index (χ4v) is 2.19. The third kappa shape index (κ3) is 2.80. The summed E-state index contributed by atoms with van der Waals surface area (Å²) in [5.74, 6) is 1.81. The SMILES string of the molecule is COc1cccc(Oc2cc(CO)c3ccccc3n2)c1. The van der Waals surface area contributed by atoms with Crippen LogP contribution in [0.2, 0.25) is 0 Å². The maximum atomic E-state index is 9.50. The van der Waals surface area contributed by atoms with Gasteiger partial charge in [0.1, 0.15) is 11.5 Å². The van der Waals surface area contributed by atoms with Crippen LogP contribution in [0.3, 0.4) is 0 Å². The molecule has 0 aliphatic carbocycles. The zero-order valence-electron chi connectivity index (χ0n) is 11.6. The Labute approximate surface area is 122 Å². The first kappa shape index (κ1) is 13.4. The Hall–Kier alpha value is -2.59. The van der Waals surface area contributed by atoms with Crippen LogP contribution in [0.1, 0.15) is 5.56 Å². The van der Waals surface area contributed by atoms with E-state index in [-0.39, 0.29) is 6.61 Å². The molecular weight excluding hydrogens is 266 g/mol. The minimum atomic E-state index is -0.0580. The van der Waals surface area contributed by atoms with Crippen molar-refractivity contribution in [2.45, 2.75) is 6.61 Å². The Balaban J connectivity index is 2.00. The van der Waals surface area contributed by atoms with Gasteiger partial charge in [0.05, 0.1) is 19.2 Å². The van der Waals surface area contributed by atoms with Crippen molar-refractivity contribution >= 4 is 10.9 Å². The Morgan fingerprint density at radius 3 is 2.62 bits per heavy atom. The van der Waals surface area contributed by atoms with Gasteiger partial charge < -0.3 is 14.6 Å². The molecule has 0 saturated heterocycles. The quantitative estimate of drug-likeness (QED) is 0.795. The number of nitrogens with zero attached hydrogens (tertiary/aromatic N) is 1. The molecule has 0 atom stereocenters. The Bertz CT molecular complexity index is 771. The minimum Gasteiger partial charge on any atom is -0.497 e. The van der Waals surface area contributed by atoms with Crippen LogP contribution in [0, 0.1) is 0 Å². The predicted octanol–water partition coefficient (Wildman–Crippen LogP) is 3.53. The average molecular weight is 281 g/mol. The van der Waals surface area contributed by atoms with Gasteiger partial charge in [0, 0.05) is 17.5 Å². The van der Waals surface area contributed by atoms with Gasteiger partial charge in [-0.3, -0.25) is 0 Å². The fourth-order valence-electron chi connectivity index (χ4n) is 2.19. The first-order valence-corrected chi connectivity index (χ1v) is 6.61. The highest BCUT2D eigenvalue weighted by atomic mass is 16.5. The zero-order valence-corrected chi connectivity index (χ0v) is 11.6. The molecule has 0 aliphatic heterocycles. The number of benzene rings is 2. The van der Waals surface area contributed by atoms with E-state index in [1.807, 2.05) is 42.5 Å². The van der Waals surface area contributed by atoms with E-state index in [9.17, 15) is 5.11 Å². The van der Waals surface area contributed by atoms with Gasteiger partial charge in [0.15, 0.2) is 0 Å². The molecule has 0 aliphatic rings. The molecule has 0 spiro atoms. The minimum absolute atomic E-state index is 0.0580. The summed E-state index contributed by atoms with van der Waals surface area (Å²) in [5, 5.41) is 10.4. The van der Waals surface area contributed by atoms with Gasteiger partial charge >= 0.3 is 0 Å². The monoisotopic (exact) mass is 281 g/mol. The molecule has 1 aromatic heterocycles. The van der Waals surface area contributed by atoms with Crippen molar-refractivity contribution < 1.29 is 14.6 Å². The summed E-state index contributed by atoms with van der Waals surface area (Å²) >= 11 is 0. The second-order valence-electron chi connectivity index (χ2n) is 4.58. The lowest BCUT2D eigenvalue weighted by atomic mass is 10.1. The topological polar surface area (TPSA) is 51.6 Å². The van der Waals surface area contributed by atoms with Crippen molar-refractivity contribution in [3.05, 3.63) is 60.2 Å². The van der Waals surface area contributed by atoms with E-state index in [0.29, 0.717) is 11.6 Å². The van der Waals surface area contributed by atoms with E-state index in [4.69, 9.17) is 9.47 Å². The average Bonchev–Trinajstić information content (AvgIpc) is 2.54. The predicted molar refractivity (Wildman–Crippen MR) is 80.7 cm³/mol. The van der Waals surface area contributed by atoms with Crippen LogP contribution in [-0.4, -0.2) is 17.2 Å². The van der Waals surface area contributed by atoms with Crippen LogP contribution < -0.4 is 9.47 Å². The number of pyridine rings is 1. The van der Waals surface area contributed by atoms with Crippen LogP contribution in [0.15, 0.2) is 54.6 Å². The molecule has 0 amide bonds. The molecule has 3 rings (SSSR count). The molecule has 0 unspecified atom stereocenters. The second-order valence-corrected chi connectivity index (χ2v) is 4.58. The maximum Gasteiger partial charge on any atom is 0.220 e. The van der Waals surface area contributed by atoms with Gasteiger partial charge in [-0.15, -0.1) is 0 Å². The molecule has 4 nitrogen and oxygen atoms in total. The number of para-hydroxylation sites is 1. The molecule has 21 heavy (non-hydrogen) atoms. The third-order valence-corrected chi connectivity index (χ3v) is 3.21. The van der Waals surface area contributed by atoms with Crippen molar-refractivity contribution in [3.63, 3.8) is 0 Å². The smallest absolute Gasteiger partial charge is 0.220 e. The van der Waals surface area contributed by atoms with Crippen molar-refractivity contribution in [2.75, 3.05) is 7.11 Å². The summed E-state index contributed by atoms with van der Waals surface area (Å²) in [6.07, 6.45) is 0. The summed E-state index contributed by atoms with van der Waals surface area (Å²) in [6, 6.07) is 16.7.